The molecule has 166 valence electrons. The van der Waals surface area contributed by atoms with E-state index in [0.717, 1.165) is 30.6 Å². The summed E-state index contributed by atoms with van der Waals surface area (Å²) in [6.07, 6.45) is 2.59. The highest BCUT2D eigenvalue weighted by Crippen LogP contribution is 2.39. The third-order valence-corrected chi connectivity index (χ3v) is 6.60. The molecule has 3 atom stereocenters. The predicted octanol–water partition coefficient (Wildman–Crippen LogP) is 4.53. The van der Waals surface area contributed by atoms with Crippen molar-refractivity contribution in [2.45, 2.75) is 32.2 Å². The molecule has 2 heterocycles. The van der Waals surface area contributed by atoms with Gasteiger partial charge in [0, 0.05) is 30.0 Å². The smallest absolute Gasteiger partial charge is 0.337 e. The van der Waals surface area contributed by atoms with Gasteiger partial charge in [-0.2, -0.15) is 9.84 Å². The van der Waals surface area contributed by atoms with Crippen LogP contribution in [0.4, 0.5) is 15.8 Å². The van der Waals surface area contributed by atoms with Gasteiger partial charge in [0.2, 0.25) is 5.69 Å². The van der Waals surface area contributed by atoms with Gasteiger partial charge in [-0.3, -0.25) is 0 Å². The number of nitriles is 1. The minimum Gasteiger partial charge on any atom is -0.478 e. The normalized spacial score (nSPS) is 21.4. The second kappa shape index (κ2) is 9.09. The third-order valence-electron chi connectivity index (χ3n) is 6.60. The maximum Gasteiger partial charge on any atom is 0.337 e. The number of carboxylic acid groups (broad SMARTS) is 1. The fourth-order valence-electron chi connectivity index (χ4n) is 4.98. The number of ether oxygens (including phenoxy) is 1. The van der Waals surface area contributed by atoms with Crippen LogP contribution in [0.3, 0.4) is 0 Å². The summed E-state index contributed by atoms with van der Waals surface area (Å²) in [5.41, 5.74) is 3.73. The van der Waals surface area contributed by atoms with Crippen LogP contribution in [0.5, 0.6) is 0 Å². The Morgan fingerprint density at radius 1 is 1.38 bits per heavy atom. The summed E-state index contributed by atoms with van der Waals surface area (Å²) >= 11 is 0. The van der Waals surface area contributed by atoms with Crippen molar-refractivity contribution in [3.05, 3.63) is 58.9 Å². The molecule has 2 N–H and O–H groups in total. The van der Waals surface area contributed by atoms with Gasteiger partial charge in [0.25, 0.3) is 5.71 Å². The van der Waals surface area contributed by atoms with E-state index in [4.69, 9.17) is 4.74 Å². The molecule has 1 fully saturated rings. The Morgan fingerprint density at radius 2 is 2.16 bits per heavy atom. The number of aromatic carboxylic acids is 1. The monoisotopic (exact) mass is 436 g/mol. The Balaban J connectivity index is 1.75. The van der Waals surface area contributed by atoms with Crippen molar-refractivity contribution < 1.29 is 23.6 Å². The first-order valence-electron chi connectivity index (χ1n) is 10.9. The Kier molecular flexibility index (Phi) is 6.24. The minimum atomic E-state index is -1.02. The van der Waals surface area contributed by atoms with E-state index >= 15 is 0 Å². The van der Waals surface area contributed by atoms with Crippen LogP contribution in [0, 0.1) is 29.0 Å². The standard InChI is InChI=1S/C25H26FN3O3/c1-15(28-22-8-4-3-7-18(22)25(30)31)19-10-17(26)11-23-21(19)12-20(24(13-27)29(23)2)16-6-5-9-32-14-16/h3-4,7-8,10-11,15-16,20,28H,5-6,9,12,14H2,1-2H3/p+1/t15-,16?,20?/m1/s1. The summed E-state index contributed by atoms with van der Waals surface area (Å²) in [7, 11) is 1.81. The summed E-state index contributed by atoms with van der Waals surface area (Å²) in [4.78, 5) is 11.6. The summed E-state index contributed by atoms with van der Waals surface area (Å²) in [5, 5.41) is 22.6. The Morgan fingerprint density at radius 3 is 2.84 bits per heavy atom. The highest BCUT2D eigenvalue weighted by Gasteiger charge is 2.40. The number of hydrogen-bond donors (Lipinski definition) is 2. The lowest BCUT2D eigenvalue weighted by atomic mass is 9.77. The minimum absolute atomic E-state index is 0.000479. The van der Waals surface area contributed by atoms with Gasteiger partial charge in [-0.1, -0.05) is 12.1 Å². The maximum atomic E-state index is 14.7. The molecule has 2 aliphatic heterocycles. The van der Waals surface area contributed by atoms with E-state index in [1.54, 1.807) is 24.3 Å². The van der Waals surface area contributed by atoms with Gasteiger partial charge in [-0.15, -0.1) is 0 Å². The van der Waals surface area contributed by atoms with Gasteiger partial charge in [0.1, 0.15) is 12.9 Å². The number of nitrogens with zero attached hydrogens (tertiary/aromatic N) is 2. The third kappa shape index (κ3) is 4.11. The molecule has 1 saturated heterocycles. The number of carbonyl (C=O) groups is 1. The predicted molar refractivity (Wildman–Crippen MR) is 119 cm³/mol. The average molecular weight is 437 g/mol. The van der Waals surface area contributed by atoms with Crippen LogP contribution in [0.1, 0.15) is 47.3 Å². The van der Waals surface area contributed by atoms with Crippen LogP contribution in [-0.2, 0) is 11.2 Å². The van der Waals surface area contributed by atoms with E-state index in [0.29, 0.717) is 30.1 Å². The quantitative estimate of drug-likeness (QED) is 0.673. The summed E-state index contributed by atoms with van der Waals surface area (Å²) in [6.45, 7) is 3.27. The zero-order valence-electron chi connectivity index (χ0n) is 18.3. The van der Waals surface area contributed by atoms with E-state index in [1.807, 2.05) is 18.5 Å². The first-order chi connectivity index (χ1) is 15.4. The van der Waals surface area contributed by atoms with Crippen LogP contribution >= 0.6 is 0 Å². The molecular formula is C25H27FN3O3+. The number of benzene rings is 2. The van der Waals surface area contributed by atoms with Gasteiger partial charge in [0.15, 0.2) is 6.07 Å². The molecule has 2 aromatic rings. The fraction of sp³-hybridized carbons (Fsp3) is 0.400. The molecular weight excluding hydrogens is 409 g/mol. The molecule has 4 rings (SSSR count). The van der Waals surface area contributed by atoms with E-state index in [9.17, 15) is 19.6 Å². The van der Waals surface area contributed by atoms with Crippen LogP contribution in [0.25, 0.3) is 0 Å². The molecule has 0 aromatic heterocycles. The number of halogens is 1. The molecule has 2 aromatic carbocycles. The number of anilines is 1. The van der Waals surface area contributed by atoms with Crippen LogP contribution < -0.4 is 5.32 Å². The second-order valence-electron chi connectivity index (χ2n) is 8.55. The lowest BCUT2D eigenvalue weighted by Crippen LogP contribution is -2.38. The van der Waals surface area contributed by atoms with Crippen LogP contribution in [0.15, 0.2) is 36.4 Å². The molecule has 2 unspecified atom stereocenters. The Labute approximate surface area is 187 Å². The summed E-state index contributed by atoms with van der Waals surface area (Å²) in [6, 6.07) is 11.7. The Hall–Kier alpha value is -3.24. The number of carboxylic acids is 1. The number of para-hydroxylation sites is 1. The molecule has 0 radical (unpaired) electrons. The van der Waals surface area contributed by atoms with Crippen molar-refractivity contribution in [3.63, 3.8) is 0 Å². The number of fused-ring (bicyclic) bond motifs is 1. The van der Waals surface area contributed by atoms with Gasteiger partial charge in [-0.05, 0) is 55.9 Å². The lowest BCUT2D eigenvalue weighted by Gasteiger charge is -2.32. The van der Waals surface area contributed by atoms with Crippen LogP contribution in [0.2, 0.25) is 0 Å². The largest absolute Gasteiger partial charge is 0.478 e. The van der Waals surface area contributed by atoms with Gasteiger partial charge >= 0.3 is 5.97 Å². The molecule has 0 amide bonds. The van der Waals surface area contributed by atoms with Gasteiger partial charge in [-0.25, -0.2) is 9.18 Å². The Bertz CT molecular complexity index is 1120. The SMILES string of the molecule is C[C@@H](Nc1ccccc1C(=O)O)c1cc(F)cc2c1CC(C1CCCOC1)C(C#N)=[N+]2C. The number of rotatable bonds is 5. The van der Waals surface area contributed by atoms with Crippen molar-refractivity contribution in [3.8, 4) is 6.07 Å². The van der Waals surface area contributed by atoms with Gasteiger partial charge in [0.05, 0.1) is 18.1 Å². The molecule has 2 aliphatic rings. The van der Waals surface area contributed by atoms with Crippen molar-refractivity contribution in [2.24, 2.45) is 11.8 Å². The molecule has 0 bridgehead atoms. The summed E-state index contributed by atoms with van der Waals surface area (Å²) in [5.74, 6) is -1.17. The zero-order chi connectivity index (χ0) is 22.8. The second-order valence-corrected chi connectivity index (χ2v) is 8.55. The molecule has 32 heavy (non-hydrogen) atoms. The molecule has 0 aliphatic carbocycles. The van der Waals surface area contributed by atoms with Crippen LogP contribution in [-0.4, -0.2) is 41.6 Å². The van der Waals surface area contributed by atoms with E-state index in [-0.39, 0.29) is 29.3 Å². The lowest BCUT2D eigenvalue weighted by molar-refractivity contribution is -0.410. The van der Waals surface area contributed by atoms with E-state index < -0.39 is 5.97 Å². The zero-order valence-corrected chi connectivity index (χ0v) is 18.3. The van der Waals surface area contributed by atoms with Gasteiger partial charge < -0.3 is 15.2 Å². The molecule has 6 nitrogen and oxygen atoms in total. The first kappa shape index (κ1) is 22.0. The maximum absolute atomic E-state index is 14.7. The van der Waals surface area contributed by atoms with Crippen molar-refractivity contribution in [2.75, 3.05) is 25.6 Å². The molecule has 0 spiro atoms. The fourth-order valence-corrected chi connectivity index (χ4v) is 4.98. The highest BCUT2D eigenvalue weighted by molar-refractivity contribution is 5.98. The van der Waals surface area contributed by atoms with Crippen molar-refractivity contribution >= 4 is 23.1 Å². The van der Waals surface area contributed by atoms with E-state index in [2.05, 4.69) is 11.4 Å². The average Bonchev–Trinajstić information content (AvgIpc) is 2.79. The molecule has 7 heteroatoms. The molecule has 0 saturated carbocycles. The summed E-state index contributed by atoms with van der Waals surface area (Å²) < 4.78 is 22.2. The van der Waals surface area contributed by atoms with E-state index in [1.165, 1.54) is 12.1 Å². The highest BCUT2D eigenvalue weighted by atomic mass is 19.1. The van der Waals surface area contributed by atoms with Crippen molar-refractivity contribution in [1.82, 2.24) is 0 Å². The number of nitrogens with one attached hydrogen (secondary N) is 1. The first-order valence-corrected chi connectivity index (χ1v) is 10.9. The number of hydrogen-bond acceptors (Lipinski definition) is 4. The topological polar surface area (TPSA) is 85.4 Å². The van der Waals surface area contributed by atoms with Crippen molar-refractivity contribution in [1.29, 1.82) is 5.26 Å².